The molecule has 1 aliphatic heterocycles. The molecule has 1 aliphatic rings. The van der Waals surface area contributed by atoms with Crippen LogP contribution in [0.4, 0.5) is 0 Å². The van der Waals surface area contributed by atoms with Gasteiger partial charge in [-0.3, -0.25) is 0 Å². The van der Waals surface area contributed by atoms with Crippen LogP contribution in [0.25, 0.3) is 0 Å². The molecule has 3 aromatic rings. The molecule has 0 saturated carbocycles. The first-order valence-corrected chi connectivity index (χ1v) is 13.4. The largest absolute Gasteiger partial charge is 0.482 e. The van der Waals surface area contributed by atoms with Crippen LogP contribution in [0.5, 0.6) is 5.75 Å². The number of benzene rings is 3. The molecular weight excluding hydrogens is 472 g/mol. The Morgan fingerprint density at radius 3 is 2.37 bits per heavy atom. The zero-order valence-corrected chi connectivity index (χ0v) is 23.5. The molecule has 0 unspecified atom stereocenters. The normalized spacial score (nSPS) is 21.6. The third-order valence-corrected chi connectivity index (χ3v) is 8.28. The van der Waals surface area contributed by atoms with Crippen LogP contribution >= 0.6 is 0 Å². The zero-order valence-electron chi connectivity index (χ0n) is 23.5. The molecule has 0 radical (unpaired) electrons. The molecule has 1 N–H and O–H groups in total. The maximum Gasteiger partial charge on any atom is 0.341 e. The first-order valence-electron chi connectivity index (χ1n) is 13.4. The van der Waals surface area contributed by atoms with Crippen molar-refractivity contribution in [3.8, 4) is 5.75 Å². The second-order valence-electron chi connectivity index (χ2n) is 11.3. The van der Waals surface area contributed by atoms with Gasteiger partial charge < -0.3 is 14.6 Å². The molecule has 0 aliphatic carbocycles. The number of ether oxygens (including phenoxy) is 2. The van der Waals surface area contributed by atoms with Gasteiger partial charge in [-0.05, 0) is 74.1 Å². The second kappa shape index (κ2) is 11.2. The third-order valence-electron chi connectivity index (χ3n) is 8.28. The summed E-state index contributed by atoms with van der Waals surface area (Å²) < 4.78 is 12.6. The van der Waals surface area contributed by atoms with E-state index in [1.165, 1.54) is 22.3 Å². The van der Waals surface area contributed by atoms with Crippen molar-refractivity contribution in [1.29, 1.82) is 0 Å². The van der Waals surface area contributed by atoms with Crippen molar-refractivity contribution in [2.24, 2.45) is 5.92 Å². The van der Waals surface area contributed by atoms with Gasteiger partial charge in [0, 0.05) is 22.8 Å². The number of rotatable bonds is 8. The lowest BCUT2D eigenvalue weighted by Gasteiger charge is -2.42. The van der Waals surface area contributed by atoms with Gasteiger partial charge in [-0.25, -0.2) is 4.79 Å². The molecule has 200 valence electrons. The summed E-state index contributed by atoms with van der Waals surface area (Å²) in [6.07, 6.45) is 0.574. The van der Waals surface area contributed by atoms with Crippen molar-refractivity contribution in [3.05, 3.63) is 112 Å². The summed E-state index contributed by atoms with van der Waals surface area (Å²) in [5.41, 5.74) is 7.84. The van der Waals surface area contributed by atoms with Crippen molar-refractivity contribution in [3.63, 3.8) is 0 Å². The molecule has 0 aromatic heterocycles. The van der Waals surface area contributed by atoms with Crippen LogP contribution in [-0.4, -0.2) is 23.8 Å². The Morgan fingerprint density at radius 1 is 1.03 bits per heavy atom. The molecule has 4 rings (SSSR count). The van der Waals surface area contributed by atoms with Gasteiger partial charge in [-0.1, -0.05) is 80.6 Å². The summed E-state index contributed by atoms with van der Waals surface area (Å²) in [4.78, 5) is 11.4. The Kier molecular flexibility index (Phi) is 8.13. The topological polar surface area (TPSA) is 55.8 Å². The van der Waals surface area contributed by atoms with E-state index in [4.69, 9.17) is 9.47 Å². The number of aryl methyl sites for hydroxylation is 2. The molecule has 4 heteroatoms. The number of carboxylic acid groups (broad SMARTS) is 1. The van der Waals surface area contributed by atoms with E-state index in [1.54, 1.807) is 0 Å². The Morgan fingerprint density at radius 2 is 1.74 bits per heavy atom. The minimum Gasteiger partial charge on any atom is -0.482 e. The van der Waals surface area contributed by atoms with E-state index in [0.717, 1.165) is 23.1 Å². The molecule has 4 atom stereocenters. The molecule has 0 amide bonds. The van der Waals surface area contributed by atoms with Crippen molar-refractivity contribution in [2.75, 3.05) is 6.61 Å². The van der Waals surface area contributed by atoms with Gasteiger partial charge in [0.2, 0.25) is 0 Å². The quantitative estimate of drug-likeness (QED) is 0.312. The van der Waals surface area contributed by atoms with E-state index in [9.17, 15) is 9.90 Å². The summed E-state index contributed by atoms with van der Waals surface area (Å²) >= 11 is 0. The van der Waals surface area contributed by atoms with E-state index >= 15 is 0 Å². The molecule has 38 heavy (non-hydrogen) atoms. The maximum atomic E-state index is 11.4. The first kappa shape index (κ1) is 27.7. The SMILES string of the molecule is C=C(C)[C@@H]1C[C@H](c2ccc(C)c(C)c2)[C@H](C)O[C@@H]1c1cc(C(C)(C)c2ccccc2)ccc1OCC(=O)O. The van der Waals surface area contributed by atoms with Gasteiger partial charge in [0.25, 0.3) is 0 Å². The Hall–Kier alpha value is -3.37. The zero-order chi connectivity index (χ0) is 27.6. The van der Waals surface area contributed by atoms with Crippen molar-refractivity contribution < 1.29 is 19.4 Å². The highest BCUT2D eigenvalue weighted by molar-refractivity contribution is 5.68. The molecule has 1 saturated heterocycles. The second-order valence-corrected chi connectivity index (χ2v) is 11.3. The summed E-state index contributed by atoms with van der Waals surface area (Å²) in [5.74, 6) is -0.165. The molecule has 0 spiro atoms. The third kappa shape index (κ3) is 5.71. The molecule has 3 aromatic carbocycles. The monoisotopic (exact) mass is 512 g/mol. The van der Waals surface area contributed by atoms with Gasteiger partial charge in [0.1, 0.15) is 5.75 Å². The Labute approximate surface area is 227 Å². The van der Waals surface area contributed by atoms with Crippen molar-refractivity contribution in [1.82, 2.24) is 0 Å². The van der Waals surface area contributed by atoms with Gasteiger partial charge in [0.15, 0.2) is 6.61 Å². The van der Waals surface area contributed by atoms with E-state index in [1.807, 2.05) is 18.2 Å². The van der Waals surface area contributed by atoms with Crippen LogP contribution < -0.4 is 4.74 Å². The molecular formula is C34H40O4. The van der Waals surface area contributed by atoms with Crippen LogP contribution in [-0.2, 0) is 14.9 Å². The Balaban J connectivity index is 1.76. The molecule has 4 nitrogen and oxygen atoms in total. The van der Waals surface area contributed by atoms with E-state index in [-0.39, 0.29) is 29.5 Å². The fourth-order valence-corrected chi connectivity index (χ4v) is 5.61. The average molecular weight is 513 g/mol. The number of hydrogen-bond acceptors (Lipinski definition) is 3. The number of carbonyl (C=O) groups is 1. The predicted octanol–water partition coefficient (Wildman–Crippen LogP) is 7.92. The maximum absolute atomic E-state index is 11.4. The molecule has 0 bridgehead atoms. The summed E-state index contributed by atoms with van der Waals surface area (Å²) in [7, 11) is 0. The highest BCUT2D eigenvalue weighted by atomic mass is 16.5. The highest BCUT2D eigenvalue weighted by Gasteiger charge is 2.40. The van der Waals surface area contributed by atoms with E-state index < -0.39 is 12.6 Å². The summed E-state index contributed by atoms with van der Waals surface area (Å²) in [6, 6.07) is 23.2. The standard InChI is InChI=1S/C34H40O4/c1-21(2)28-19-29(25-14-13-22(3)23(4)17-25)24(5)38-33(28)30-18-27(15-16-31(30)37-20-32(35)36)34(6,7)26-11-9-8-10-12-26/h8-18,24,28-29,33H,1,19-20H2,2-7H3,(H,35,36)/t24-,28-,29-,33-/m0/s1. The van der Waals surface area contributed by atoms with Crippen LogP contribution in [0, 0.1) is 19.8 Å². The van der Waals surface area contributed by atoms with Gasteiger partial charge in [-0.2, -0.15) is 0 Å². The summed E-state index contributed by atoms with van der Waals surface area (Å²) in [5, 5.41) is 9.32. The number of aliphatic carboxylic acids is 1. The lowest BCUT2D eigenvalue weighted by molar-refractivity contribution is -0.139. The average Bonchev–Trinajstić information content (AvgIpc) is 2.89. The van der Waals surface area contributed by atoms with Crippen LogP contribution in [0.1, 0.15) is 79.5 Å². The minimum atomic E-state index is -1.01. The van der Waals surface area contributed by atoms with Crippen molar-refractivity contribution in [2.45, 2.75) is 71.5 Å². The minimum absolute atomic E-state index is 0.0316. The lowest BCUT2D eigenvalue weighted by Crippen LogP contribution is -2.35. The van der Waals surface area contributed by atoms with E-state index in [2.05, 4.69) is 96.7 Å². The molecule has 1 fully saturated rings. The van der Waals surface area contributed by atoms with Crippen molar-refractivity contribution >= 4 is 5.97 Å². The highest BCUT2D eigenvalue weighted by Crippen LogP contribution is 2.49. The van der Waals surface area contributed by atoms with Crippen LogP contribution in [0.15, 0.2) is 78.9 Å². The molecule has 1 heterocycles. The fraction of sp³-hybridized carbons (Fsp3) is 0.382. The smallest absolute Gasteiger partial charge is 0.341 e. The van der Waals surface area contributed by atoms with Gasteiger partial charge >= 0.3 is 5.97 Å². The first-order chi connectivity index (χ1) is 18.0. The summed E-state index contributed by atoms with van der Waals surface area (Å²) in [6.45, 7) is 16.8. The predicted molar refractivity (Wildman–Crippen MR) is 153 cm³/mol. The van der Waals surface area contributed by atoms with Gasteiger partial charge in [0.05, 0.1) is 12.2 Å². The number of hydrogen-bond donors (Lipinski definition) is 1. The lowest BCUT2D eigenvalue weighted by atomic mass is 9.73. The van der Waals surface area contributed by atoms with Crippen LogP contribution in [0.2, 0.25) is 0 Å². The number of carboxylic acids is 1. The van der Waals surface area contributed by atoms with Crippen LogP contribution in [0.3, 0.4) is 0 Å². The van der Waals surface area contributed by atoms with E-state index in [0.29, 0.717) is 5.75 Å². The fourth-order valence-electron chi connectivity index (χ4n) is 5.61. The Bertz CT molecular complexity index is 1310. The van der Waals surface area contributed by atoms with Gasteiger partial charge in [-0.15, -0.1) is 0 Å².